The van der Waals surface area contributed by atoms with Crippen LogP contribution in [0.25, 0.3) is 0 Å². The molecule has 142 valence electrons. The molecule has 0 atom stereocenters. The zero-order valence-corrected chi connectivity index (χ0v) is 14.7. The highest BCUT2D eigenvalue weighted by atomic mass is 35.5. The van der Waals surface area contributed by atoms with Gasteiger partial charge in [0.25, 0.3) is 5.91 Å². The number of carbonyl (C=O) groups excluding carboxylic acids is 2. The lowest BCUT2D eigenvalue weighted by molar-refractivity contribution is -0.137. The highest BCUT2D eigenvalue weighted by Gasteiger charge is 2.34. The van der Waals surface area contributed by atoms with Crippen molar-refractivity contribution in [3.05, 3.63) is 58.9 Å². The Kier molecular flexibility index (Phi) is 6.51. The fourth-order valence-electron chi connectivity index (χ4n) is 2.03. The summed E-state index contributed by atoms with van der Waals surface area (Å²) in [7, 11) is 0. The minimum Gasteiger partial charge on any atom is -0.325 e. The van der Waals surface area contributed by atoms with Gasteiger partial charge >= 0.3 is 6.18 Å². The summed E-state index contributed by atoms with van der Waals surface area (Å²) < 4.78 is 39.1. The predicted molar refractivity (Wildman–Crippen MR) is 94.5 cm³/mol. The number of hydrazone groups is 1. The summed E-state index contributed by atoms with van der Waals surface area (Å²) in [5.74, 6) is -1.25. The van der Waals surface area contributed by atoms with Crippen molar-refractivity contribution in [2.24, 2.45) is 5.10 Å². The number of anilines is 1. The summed E-state index contributed by atoms with van der Waals surface area (Å²) in [6.45, 7) is 1.45. The second kappa shape index (κ2) is 8.63. The van der Waals surface area contributed by atoms with Crippen LogP contribution in [-0.2, 0) is 11.0 Å². The van der Waals surface area contributed by atoms with E-state index in [1.807, 2.05) is 0 Å². The SMILES string of the molecule is C/C(CC(=O)Nc1ccc(Cl)cc1C(F)(F)F)=N\NC(=O)c1cccnc1. The van der Waals surface area contributed by atoms with E-state index in [1.165, 1.54) is 31.5 Å². The van der Waals surface area contributed by atoms with Gasteiger partial charge in [-0.15, -0.1) is 0 Å². The molecule has 1 aromatic carbocycles. The summed E-state index contributed by atoms with van der Waals surface area (Å²) in [4.78, 5) is 27.6. The number of amides is 2. The van der Waals surface area contributed by atoms with E-state index >= 15 is 0 Å². The molecular weight excluding hydrogens is 385 g/mol. The minimum absolute atomic E-state index is 0.101. The molecule has 0 radical (unpaired) electrons. The number of hydrogen-bond acceptors (Lipinski definition) is 4. The average Bonchev–Trinajstić information content (AvgIpc) is 2.61. The highest BCUT2D eigenvalue weighted by Crippen LogP contribution is 2.36. The van der Waals surface area contributed by atoms with Crippen LogP contribution in [0.5, 0.6) is 0 Å². The number of pyridine rings is 1. The van der Waals surface area contributed by atoms with E-state index in [2.05, 4.69) is 20.8 Å². The van der Waals surface area contributed by atoms with Gasteiger partial charge in [-0.1, -0.05) is 11.6 Å². The van der Waals surface area contributed by atoms with Crippen LogP contribution in [0.1, 0.15) is 29.3 Å². The molecule has 0 bridgehead atoms. The molecule has 0 saturated heterocycles. The molecule has 1 aromatic heterocycles. The van der Waals surface area contributed by atoms with Crippen LogP contribution >= 0.6 is 11.6 Å². The second-order valence-corrected chi connectivity index (χ2v) is 5.88. The van der Waals surface area contributed by atoms with Gasteiger partial charge in [-0.3, -0.25) is 14.6 Å². The van der Waals surface area contributed by atoms with Crippen LogP contribution in [0, 0.1) is 0 Å². The number of nitrogens with one attached hydrogen (secondary N) is 2. The number of aromatic nitrogens is 1. The molecule has 2 aromatic rings. The fourth-order valence-corrected chi connectivity index (χ4v) is 2.21. The average molecular weight is 399 g/mol. The second-order valence-electron chi connectivity index (χ2n) is 5.44. The predicted octanol–water partition coefficient (Wildman–Crippen LogP) is 3.89. The largest absolute Gasteiger partial charge is 0.418 e. The van der Waals surface area contributed by atoms with Crippen molar-refractivity contribution in [3.63, 3.8) is 0 Å². The topological polar surface area (TPSA) is 83.5 Å². The summed E-state index contributed by atoms with van der Waals surface area (Å²) in [6.07, 6.45) is -2.14. The van der Waals surface area contributed by atoms with Crippen LogP contribution in [0.4, 0.5) is 18.9 Å². The van der Waals surface area contributed by atoms with E-state index in [9.17, 15) is 22.8 Å². The molecule has 6 nitrogen and oxygen atoms in total. The minimum atomic E-state index is -4.67. The number of carbonyl (C=O) groups is 2. The first kappa shape index (κ1) is 20.4. The van der Waals surface area contributed by atoms with Gasteiger partial charge in [0.05, 0.1) is 23.2 Å². The fraction of sp³-hybridized carbons (Fsp3) is 0.176. The summed E-state index contributed by atoms with van der Waals surface area (Å²) in [6, 6.07) is 6.13. The normalized spacial score (nSPS) is 11.8. The molecule has 0 aliphatic rings. The van der Waals surface area contributed by atoms with Crippen LogP contribution < -0.4 is 10.7 Å². The molecular formula is C17H14ClF3N4O2. The van der Waals surface area contributed by atoms with Gasteiger partial charge in [0.2, 0.25) is 5.91 Å². The summed E-state index contributed by atoms with van der Waals surface area (Å²) in [5.41, 5.74) is 1.25. The van der Waals surface area contributed by atoms with Crippen molar-refractivity contribution in [2.75, 3.05) is 5.32 Å². The van der Waals surface area contributed by atoms with E-state index in [-0.39, 0.29) is 22.7 Å². The van der Waals surface area contributed by atoms with Crippen LogP contribution in [0.3, 0.4) is 0 Å². The molecule has 10 heteroatoms. The Morgan fingerprint density at radius 3 is 2.63 bits per heavy atom. The molecule has 0 aliphatic carbocycles. The maximum absolute atomic E-state index is 13.0. The van der Waals surface area contributed by atoms with Crippen LogP contribution in [0.15, 0.2) is 47.8 Å². The molecule has 0 aliphatic heterocycles. The Bertz CT molecular complexity index is 870. The number of hydrogen-bond donors (Lipinski definition) is 2. The number of nitrogens with zero attached hydrogens (tertiary/aromatic N) is 2. The molecule has 1 heterocycles. The van der Waals surface area contributed by atoms with Crippen molar-refractivity contribution >= 4 is 34.8 Å². The summed E-state index contributed by atoms with van der Waals surface area (Å²) >= 11 is 5.59. The van der Waals surface area contributed by atoms with Gasteiger partial charge in [0.15, 0.2) is 0 Å². The van der Waals surface area contributed by atoms with Gasteiger partial charge < -0.3 is 5.32 Å². The maximum Gasteiger partial charge on any atom is 0.418 e. The Labute approximate surface area is 157 Å². The van der Waals surface area contributed by atoms with E-state index in [1.54, 1.807) is 6.07 Å². The Balaban J connectivity index is 2.00. The highest BCUT2D eigenvalue weighted by molar-refractivity contribution is 6.30. The maximum atomic E-state index is 13.0. The van der Waals surface area contributed by atoms with Gasteiger partial charge in [0, 0.05) is 23.1 Å². The van der Waals surface area contributed by atoms with Crippen molar-refractivity contribution < 1.29 is 22.8 Å². The van der Waals surface area contributed by atoms with Crippen molar-refractivity contribution in [1.82, 2.24) is 10.4 Å². The third-order valence-electron chi connectivity index (χ3n) is 3.25. The van der Waals surface area contributed by atoms with E-state index < -0.39 is 29.2 Å². The van der Waals surface area contributed by atoms with Crippen LogP contribution in [0.2, 0.25) is 5.02 Å². The molecule has 0 fully saturated rings. The smallest absolute Gasteiger partial charge is 0.325 e. The first-order valence-electron chi connectivity index (χ1n) is 7.57. The monoisotopic (exact) mass is 398 g/mol. The number of alkyl halides is 3. The molecule has 0 saturated carbocycles. The quantitative estimate of drug-likeness (QED) is 0.592. The Morgan fingerprint density at radius 2 is 2.00 bits per heavy atom. The van der Waals surface area contributed by atoms with Gasteiger partial charge in [0.1, 0.15) is 0 Å². The van der Waals surface area contributed by atoms with Crippen molar-refractivity contribution in [3.8, 4) is 0 Å². The zero-order chi connectivity index (χ0) is 20.0. The third-order valence-corrected chi connectivity index (χ3v) is 3.48. The molecule has 2 N–H and O–H groups in total. The standard InChI is InChI=1S/C17H14ClF3N4O2/c1-10(24-25-16(27)11-3-2-6-22-9-11)7-15(26)23-14-5-4-12(18)8-13(14)17(19,20)21/h2-6,8-9H,7H2,1H3,(H,23,26)(H,25,27)/b24-10+. The molecule has 2 amide bonds. The molecule has 27 heavy (non-hydrogen) atoms. The lowest BCUT2D eigenvalue weighted by Crippen LogP contribution is -2.22. The number of halogens is 4. The van der Waals surface area contributed by atoms with Gasteiger partial charge in [-0.05, 0) is 37.3 Å². The van der Waals surface area contributed by atoms with Gasteiger partial charge in [-0.2, -0.15) is 18.3 Å². The van der Waals surface area contributed by atoms with E-state index in [0.717, 1.165) is 12.1 Å². The number of benzene rings is 1. The molecule has 0 unspecified atom stereocenters. The van der Waals surface area contributed by atoms with Gasteiger partial charge in [-0.25, -0.2) is 5.43 Å². The van der Waals surface area contributed by atoms with E-state index in [4.69, 9.17) is 11.6 Å². The zero-order valence-electron chi connectivity index (χ0n) is 14.0. The third kappa shape index (κ3) is 6.07. The first-order chi connectivity index (χ1) is 12.7. The lowest BCUT2D eigenvalue weighted by atomic mass is 10.1. The van der Waals surface area contributed by atoms with Crippen molar-refractivity contribution in [2.45, 2.75) is 19.5 Å². The van der Waals surface area contributed by atoms with E-state index in [0.29, 0.717) is 0 Å². The first-order valence-corrected chi connectivity index (χ1v) is 7.94. The molecule has 2 rings (SSSR count). The van der Waals surface area contributed by atoms with Crippen LogP contribution in [-0.4, -0.2) is 22.5 Å². The Hall–Kier alpha value is -2.94. The van der Waals surface area contributed by atoms with Crippen molar-refractivity contribution in [1.29, 1.82) is 0 Å². The summed E-state index contributed by atoms with van der Waals surface area (Å²) in [5, 5.41) is 5.83. The Morgan fingerprint density at radius 1 is 1.26 bits per heavy atom. The lowest BCUT2D eigenvalue weighted by Gasteiger charge is -2.14. The molecule has 0 spiro atoms. The number of rotatable bonds is 5.